The SMILES string of the molecule is CC(C)CC1C(=O)NC2(CCCCC2)C(=O)N1C(C)C. The van der Waals surface area contributed by atoms with Crippen LogP contribution in [0.4, 0.5) is 0 Å². The monoisotopic (exact) mass is 280 g/mol. The fraction of sp³-hybridized carbons (Fsp3) is 0.875. The molecular weight excluding hydrogens is 252 g/mol. The number of amides is 2. The molecule has 1 saturated heterocycles. The third-order valence-corrected chi connectivity index (χ3v) is 4.60. The summed E-state index contributed by atoms with van der Waals surface area (Å²) >= 11 is 0. The Morgan fingerprint density at radius 1 is 1.15 bits per heavy atom. The van der Waals surface area contributed by atoms with Crippen molar-refractivity contribution in [2.75, 3.05) is 0 Å². The van der Waals surface area contributed by atoms with E-state index in [1.165, 1.54) is 6.42 Å². The van der Waals surface area contributed by atoms with Gasteiger partial charge in [0.1, 0.15) is 11.6 Å². The molecule has 1 saturated carbocycles. The van der Waals surface area contributed by atoms with Crippen LogP contribution in [0.2, 0.25) is 0 Å². The summed E-state index contributed by atoms with van der Waals surface area (Å²) in [6, 6.07) is -0.217. The summed E-state index contributed by atoms with van der Waals surface area (Å²) in [6.07, 6.45) is 5.58. The molecule has 0 aromatic heterocycles. The number of carbonyl (C=O) groups is 2. The average Bonchev–Trinajstić information content (AvgIpc) is 2.36. The van der Waals surface area contributed by atoms with Crippen LogP contribution in [-0.4, -0.2) is 34.3 Å². The van der Waals surface area contributed by atoms with Gasteiger partial charge in [0.15, 0.2) is 0 Å². The van der Waals surface area contributed by atoms with E-state index in [1.54, 1.807) is 0 Å². The van der Waals surface area contributed by atoms with Crippen LogP contribution in [0.3, 0.4) is 0 Å². The lowest BCUT2D eigenvalue weighted by Gasteiger charge is -2.49. The lowest BCUT2D eigenvalue weighted by Crippen LogP contribution is -2.72. The van der Waals surface area contributed by atoms with Crippen LogP contribution >= 0.6 is 0 Å². The summed E-state index contributed by atoms with van der Waals surface area (Å²) in [4.78, 5) is 27.4. The topological polar surface area (TPSA) is 49.4 Å². The molecule has 1 aliphatic carbocycles. The highest BCUT2D eigenvalue weighted by Crippen LogP contribution is 2.35. The molecule has 1 atom stereocenters. The van der Waals surface area contributed by atoms with Crippen molar-refractivity contribution in [2.24, 2.45) is 5.92 Å². The number of carbonyl (C=O) groups excluding carboxylic acids is 2. The maximum atomic E-state index is 13.0. The molecule has 20 heavy (non-hydrogen) atoms. The first-order chi connectivity index (χ1) is 9.37. The van der Waals surface area contributed by atoms with Gasteiger partial charge in [-0.05, 0) is 39.0 Å². The molecule has 0 aromatic carbocycles. The summed E-state index contributed by atoms with van der Waals surface area (Å²) in [5.74, 6) is 0.603. The largest absolute Gasteiger partial charge is 0.340 e. The van der Waals surface area contributed by atoms with Crippen LogP contribution in [-0.2, 0) is 9.59 Å². The van der Waals surface area contributed by atoms with Gasteiger partial charge in [0.25, 0.3) is 0 Å². The summed E-state index contributed by atoms with van der Waals surface area (Å²) in [5, 5.41) is 3.09. The van der Waals surface area contributed by atoms with E-state index in [0.29, 0.717) is 5.92 Å². The van der Waals surface area contributed by atoms with E-state index in [0.717, 1.165) is 32.1 Å². The van der Waals surface area contributed by atoms with Gasteiger partial charge in [0.2, 0.25) is 11.8 Å². The van der Waals surface area contributed by atoms with Crippen LogP contribution in [0, 0.1) is 5.92 Å². The van der Waals surface area contributed by atoms with Gasteiger partial charge in [-0.1, -0.05) is 33.1 Å². The Morgan fingerprint density at radius 3 is 2.25 bits per heavy atom. The number of nitrogens with zero attached hydrogens (tertiary/aromatic N) is 1. The van der Waals surface area contributed by atoms with Crippen molar-refractivity contribution in [1.82, 2.24) is 10.2 Å². The van der Waals surface area contributed by atoms with Crippen LogP contribution < -0.4 is 5.32 Å². The summed E-state index contributed by atoms with van der Waals surface area (Å²) in [6.45, 7) is 8.23. The lowest BCUT2D eigenvalue weighted by atomic mass is 9.77. The van der Waals surface area contributed by atoms with Gasteiger partial charge in [0, 0.05) is 6.04 Å². The minimum Gasteiger partial charge on any atom is -0.340 e. The molecule has 2 amide bonds. The van der Waals surface area contributed by atoms with Crippen molar-refractivity contribution in [2.45, 2.75) is 83.8 Å². The molecule has 2 aliphatic rings. The highest BCUT2D eigenvalue weighted by molar-refractivity contribution is 6.00. The van der Waals surface area contributed by atoms with Gasteiger partial charge < -0.3 is 10.2 Å². The van der Waals surface area contributed by atoms with E-state index in [2.05, 4.69) is 19.2 Å². The Hall–Kier alpha value is -1.06. The van der Waals surface area contributed by atoms with Crippen molar-refractivity contribution < 1.29 is 9.59 Å². The molecule has 2 rings (SSSR count). The maximum Gasteiger partial charge on any atom is 0.249 e. The fourth-order valence-electron chi connectivity index (χ4n) is 3.64. The van der Waals surface area contributed by atoms with Gasteiger partial charge in [-0.25, -0.2) is 0 Å². The van der Waals surface area contributed by atoms with Crippen LogP contribution in [0.15, 0.2) is 0 Å². The minimum absolute atomic E-state index is 0.0499. The molecule has 2 fully saturated rings. The second-order valence-electron chi connectivity index (χ2n) is 7.08. The van der Waals surface area contributed by atoms with Gasteiger partial charge >= 0.3 is 0 Å². The molecule has 4 heteroatoms. The van der Waals surface area contributed by atoms with Crippen LogP contribution in [0.1, 0.15) is 66.2 Å². The smallest absolute Gasteiger partial charge is 0.249 e. The molecule has 1 spiro atoms. The molecule has 1 N–H and O–H groups in total. The Morgan fingerprint density at radius 2 is 1.75 bits per heavy atom. The molecule has 1 unspecified atom stereocenters. The van der Waals surface area contributed by atoms with Crippen molar-refractivity contribution in [3.8, 4) is 0 Å². The van der Waals surface area contributed by atoms with Crippen molar-refractivity contribution in [3.05, 3.63) is 0 Å². The van der Waals surface area contributed by atoms with Crippen molar-refractivity contribution >= 4 is 11.8 Å². The Labute approximate surface area is 122 Å². The Kier molecular flexibility index (Phi) is 4.40. The van der Waals surface area contributed by atoms with Crippen LogP contribution in [0.25, 0.3) is 0 Å². The maximum absolute atomic E-state index is 13.0. The first kappa shape index (κ1) is 15.3. The second kappa shape index (κ2) is 5.74. The van der Waals surface area contributed by atoms with E-state index >= 15 is 0 Å². The Balaban J connectivity index is 2.28. The van der Waals surface area contributed by atoms with E-state index in [1.807, 2.05) is 18.7 Å². The molecule has 114 valence electrons. The van der Waals surface area contributed by atoms with Gasteiger partial charge in [-0.3, -0.25) is 9.59 Å². The van der Waals surface area contributed by atoms with E-state index < -0.39 is 5.54 Å². The van der Waals surface area contributed by atoms with E-state index in [-0.39, 0.29) is 23.9 Å². The van der Waals surface area contributed by atoms with E-state index in [4.69, 9.17) is 0 Å². The van der Waals surface area contributed by atoms with Gasteiger partial charge in [-0.15, -0.1) is 0 Å². The van der Waals surface area contributed by atoms with Gasteiger partial charge in [0.05, 0.1) is 0 Å². The molecular formula is C16H28N2O2. The lowest BCUT2D eigenvalue weighted by molar-refractivity contribution is -0.159. The summed E-state index contributed by atoms with van der Waals surface area (Å²) in [5.41, 5.74) is -0.604. The fourth-order valence-corrected chi connectivity index (χ4v) is 3.64. The summed E-state index contributed by atoms with van der Waals surface area (Å²) in [7, 11) is 0. The number of hydrogen-bond donors (Lipinski definition) is 1. The standard InChI is InChI=1S/C16H28N2O2/c1-11(2)10-13-14(19)17-16(8-6-5-7-9-16)15(20)18(13)12(3)4/h11-13H,5-10H2,1-4H3,(H,17,19). The van der Waals surface area contributed by atoms with Crippen molar-refractivity contribution in [3.63, 3.8) is 0 Å². The first-order valence-corrected chi connectivity index (χ1v) is 8.02. The molecule has 0 bridgehead atoms. The Bertz CT molecular complexity index is 384. The van der Waals surface area contributed by atoms with E-state index in [9.17, 15) is 9.59 Å². The average molecular weight is 280 g/mol. The molecule has 0 aromatic rings. The number of piperazine rings is 1. The summed E-state index contributed by atoms with van der Waals surface area (Å²) < 4.78 is 0. The third-order valence-electron chi connectivity index (χ3n) is 4.60. The second-order valence-corrected chi connectivity index (χ2v) is 7.08. The van der Waals surface area contributed by atoms with Crippen LogP contribution in [0.5, 0.6) is 0 Å². The van der Waals surface area contributed by atoms with Crippen molar-refractivity contribution in [1.29, 1.82) is 0 Å². The quantitative estimate of drug-likeness (QED) is 0.863. The predicted molar refractivity (Wildman–Crippen MR) is 79.2 cm³/mol. The zero-order valence-electron chi connectivity index (χ0n) is 13.2. The molecule has 0 radical (unpaired) electrons. The number of rotatable bonds is 3. The predicted octanol–water partition coefficient (Wildman–Crippen LogP) is 2.47. The normalized spacial score (nSPS) is 26.5. The number of nitrogens with one attached hydrogen (secondary N) is 1. The zero-order chi connectivity index (χ0) is 14.9. The van der Waals surface area contributed by atoms with Gasteiger partial charge in [-0.2, -0.15) is 0 Å². The first-order valence-electron chi connectivity index (χ1n) is 8.02. The third kappa shape index (κ3) is 2.70. The highest BCUT2D eigenvalue weighted by Gasteiger charge is 2.51. The number of hydrogen-bond acceptors (Lipinski definition) is 2. The highest BCUT2D eigenvalue weighted by atomic mass is 16.2. The minimum atomic E-state index is -0.604. The zero-order valence-corrected chi connectivity index (χ0v) is 13.2. The molecule has 1 aliphatic heterocycles. The molecule has 4 nitrogen and oxygen atoms in total. The molecule has 1 heterocycles.